The molecule has 0 spiro atoms. The molecule has 9 heteroatoms. The minimum Gasteiger partial charge on any atom is -0.550 e. The Kier molecular flexibility index (Phi) is 74.4. The summed E-state index contributed by atoms with van der Waals surface area (Å²) in [6, 6.07) is 0. The second-order valence-corrected chi connectivity index (χ2v) is 24.1. The van der Waals surface area contributed by atoms with Crippen molar-refractivity contribution in [2.75, 3.05) is 0 Å². The van der Waals surface area contributed by atoms with Crippen molar-refractivity contribution in [1.82, 2.24) is 0 Å². The van der Waals surface area contributed by atoms with Gasteiger partial charge in [-0.25, -0.2) is 0 Å². The number of ether oxygens (including phenoxy) is 2. The molecule has 0 aromatic carbocycles. The van der Waals surface area contributed by atoms with E-state index in [2.05, 4.69) is 27.7 Å². The molecule has 2 atom stereocenters. The molecule has 2 unspecified atom stereocenters. The molecular weight excluding hydrogens is 1010 g/mol. The molecule has 0 N–H and O–H groups in total. The Morgan fingerprint density at radius 2 is 0.392 bits per heavy atom. The van der Waals surface area contributed by atoms with Gasteiger partial charge < -0.3 is 29.3 Å². The number of carbonyl (C=O) groups is 4. The summed E-state index contributed by atoms with van der Waals surface area (Å²) >= 11 is 0. The van der Waals surface area contributed by atoms with E-state index in [-0.39, 0.29) is 74.7 Å². The zero-order chi connectivity index (χ0) is 57.3. The fourth-order valence-corrected chi connectivity index (χ4v) is 10.9. The first-order valence-electron chi connectivity index (χ1n) is 35.0. The summed E-state index contributed by atoms with van der Waals surface area (Å²) in [6.07, 6.45) is 70.5. The number of carbonyl (C=O) groups excluding carboxylic acids is 4. The molecule has 0 aromatic heterocycles. The van der Waals surface area contributed by atoms with Crippen LogP contribution in [0.25, 0.3) is 0 Å². The quantitative estimate of drug-likeness (QED) is 0.0334. The Hall–Kier alpha value is -0.860. The standard InChI is InChI=1S/2C35H68O4.Ca/c2*1-3-5-7-9-10-11-12-13-14-15-16-21-24-28-32-35(38)39-33(29-25-8-6-4-2)30-26-22-19-17-18-20-23-27-31-34(36)37;/h2*33H,3-32H2,1-2H3,(H,36,37);/q;;+2/p-2. The Morgan fingerprint density at radius 3 is 0.582 bits per heavy atom. The summed E-state index contributed by atoms with van der Waals surface area (Å²) in [4.78, 5) is 45.9. The molecule has 0 saturated carbocycles. The number of carboxylic acid groups (broad SMARTS) is 2. The van der Waals surface area contributed by atoms with Crippen molar-refractivity contribution in [3.05, 3.63) is 0 Å². The summed E-state index contributed by atoms with van der Waals surface area (Å²) in [5, 5.41) is 20.9. The Labute approximate surface area is 522 Å². The number of esters is 2. The van der Waals surface area contributed by atoms with E-state index in [1.54, 1.807) is 0 Å². The van der Waals surface area contributed by atoms with E-state index < -0.39 is 11.9 Å². The van der Waals surface area contributed by atoms with E-state index >= 15 is 0 Å². The van der Waals surface area contributed by atoms with Gasteiger partial charge in [0, 0.05) is 24.8 Å². The Morgan fingerprint density at radius 1 is 0.241 bits per heavy atom. The summed E-state index contributed by atoms with van der Waals surface area (Å²) in [5.74, 6) is -1.82. The predicted octanol–water partition coefficient (Wildman–Crippen LogP) is 20.4. The van der Waals surface area contributed by atoms with E-state index in [9.17, 15) is 29.4 Å². The molecule has 0 saturated heterocycles. The summed E-state index contributed by atoms with van der Waals surface area (Å²) in [5.41, 5.74) is 0. The maximum atomic E-state index is 12.5. The maximum Gasteiger partial charge on any atom is 2.00 e. The second kappa shape index (κ2) is 71.4. The van der Waals surface area contributed by atoms with E-state index in [1.807, 2.05) is 0 Å². The van der Waals surface area contributed by atoms with Crippen LogP contribution in [0.5, 0.6) is 0 Å². The topological polar surface area (TPSA) is 133 Å². The van der Waals surface area contributed by atoms with Crippen LogP contribution < -0.4 is 10.2 Å². The first-order valence-corrected chi connectivity index (χ1v) is 35.0. The molecule has 0 rings (SSSR count). The summed E-state index contributed by atoms with van der Waals surface area (Å²) in [6.45, 7) is 9.02. The molecule has 0 heterocycles. The molecule has 0 aromatic rings. The minimum atomic E-state index is -0.931. The number of unbranched alkanes of at least 4 members (excludes halogenated alkanes) is 46. The van der Waals surface area contributed by atoms with E-state index in [0.29, 0.717) is 12.8 Å². The van der Waals surface area contributed by atoms with E-state index in [4.69, 9.17) is 9.47 Å². The summed E-state index contributed by atoms with van der Waals surface area (Å²) < 4.78 is 11.9. The van der Waals surface area contributed by atoms with Crippen molar-refractivity contribution >= 4 is 61.6 Å². The largest absolute Gasteiger partial charge is 2.00 e. The molecule has 8 nitrogen and oxygen atoms in total. The number of carboxylic acids is 2. The number of hydrogen-bond donors (Lipinski definition) is 0. The summed E-state index contributed by atoms with van der Waals surface area (Å²) in [7, 11) is 0. The van der Waals surface area contributed by atoms with Gasteiger partial charge in [-0.2, -0.15) is 0 Å². The van der Waals surface area contributed by atoms with Gasteiger partial charge in [0.15, 0.2) is 0 Å². The van der Waals surface area contributed by atoms with Gasteiger partial charge in [-0.15, -0.1) is 0 Å². The molecule has 0 fully saturated rings. The number of rotatable bonds is 64. The molecule has 79 heavy (non-hydrogen) atoms. The average Bonchev–Trinajstić information content (AvgIpc) is 3.42. The third kappa shape index (κ3) is 73.2. The van der Waals surface area contributed by atoms with Crippen LogP contribution in [0.1, 0.15) is 413 Å². The van der Waals surface area contributed by atoms with Crippen LogP contribution in [0.4, 0.5) is 0 Å². The van der Waals surface area contributed by atoms with Crippen molar-refractivity contribution in [1.29, 1.82) is 0 Å². The van der Waals surface area contributed by atoms with Crippen LogP contribution in [-0.4, -0.2) is 73.8 Å². The molecule has 0 amide bonds. The molecule has 464 valence electrons. The average molecular weight is 1140 g/mol. The number of aliphatic carboxylic acids is 2. The van der Waals surface area contributed by atoms with Gasteiger partial charge in [0.25, 0.3) is 0 Å². The Bertz CT molecular complexity index is 1140. The molecule has 0 aliphatic carbocycles. The van der Waals surface area contributed by atoms with Crippen LogP contribution in [-0.2, 0) is 28.7 Å². The van der Waals surface area contributed by atoms with Gasteiger partial charge in [-0.3, -0.25) is 9.59 Å². The van der Waals surface area contributed by atoms with Crippen molar-refractivity contribution in [2.24, 2.45) is 0 Å². The fourth-order valence-electron chi connectivity index (χ4n) is 10.9. The van der Waals surface area contributed by atoms with Crippen molar-refractivity contribution < 1.29 is 38.9 Å². The zero-order valence-corrected chi connectivity index (χ0v) is 55.8. The first kappa shape index (κ1) is 82.4. The van der Waals surface area contributed by atoms with Gasteiger partial charge in [0.2, 0.25) is 0 Å². The monoisotopic (exact) mass is 1140 g/mol. The fraction of sp³-hybridized carbons (Fsp3) is 0.943. The van der Waals surface area contributed by atoms with Crippen LogP contribution in [0.3, 0.4) is 0 Å². The van der Waals surface area contributed by atoms with Gasteiger partial charge in [0.1, 0.15) is 12.2 Å². The van der Waals surface area contributed by atoms with Gasteiger partial charge in [-0.05, 0) is 89.9 Å². The van der Waals surface area contributed by atoms with Crippen LogP contribution >= 0.6 is 0 Å². The van der Waals surface area contributed by atoms with Crippen LogP contribution in [0.2, 0.25) is 0 Å². The second-order valence-electron chi connectivity index (χ2n) is 24.1. The third-order valence-corrected chi connectivity index (χ3v) is 16.1. The first-order chi connectivity index (χ1) is 38.2. The minimum absolute atomic E-state index is 0. The van der Waals surface area contributed by atoms with Crippen LogP contribution in [0.15, 0.2) is 0 Å². The molecule has 0 aliphatic heterocycles. The smallest absolute Gasteiger partial charge is 0.550 e. The molecule has 0 bridgehead atoms. The van der Waals surface area contributed by atoms with Gasteiger partial charge in [-0.1, -0.05) is 310 Å². The van der Waals surface area contributed by atoms with Crippen LogP contribution in [0, 0.1) is 0 Å². The maximum absolute atomic E-state index is 12.5. The molecule has 0 radical (unpaired) electrons. The zero-order valence-electron chi connectivity index (χ0n) is 53.6. The predicted molar refractivity (Wildman–Crippen MR) is 335 cm³/mol. The van der Waals surface area contributed by atoms with Gasteiger partial charge in [0.05, 0.1) is 0 Å². The molecule has 0 aliphatic rings. The van der Waals surface area contributed by atoms with Gasteiger partial charge >= 0.3 is 49.7 Å². The SMILES string of the molecule is CCCCCCCCCCCCCCCCC(=O)OC(CCCCCC)CCCCCCCCCCC(=O)[O-].CCCCCCCCCCCCCCCCC(=O)OC(CCCCCC)CCCCCCCCCCC(=O)[O-].[Ca+2]. The van der Waals surface area contributed by atoms with E-state index in [1.165, 1.54) is 244 Å². The van der Waals surface area contributed by atoms with Crippen molar-refractivity contribution in [2.45, 2.75) is 425 Å². The third-order valence-electron chi connectivity index (χ3n) is 16.1. The van der Waals surface area contributed by atoms with E-state index in [0.717, 1.165) is 116 Å². The van der Waals surface area contributed by atoms with Crippen molar-refractivity contribution in [3.63, 3.8) is 0 Å². The Balaban J connectivity index is -0.00000144. The normalized spacial score (nSPS) is 11.9. The number of hydrogen-bond acceptors (Lipinski definition) is 8. The van der Waals surface area contributed by atoms with Crippen molar-refractivity contribution in [3.8, 4) is 0 Å². The molecular formula is C70H134CaO8.